The third kappa shape index (κ3) is 3.93. The van der Waals surface area contributed by atoms with Gasteiger partial charge in [-0.2, -0.15) is 0 Å². The Morgan fingerprint density at radius 1 is 1.16 bits per heavy atom. The number of aryl methyl sites for hydroxylation is 1. The minimum Gasteiger partial charge on any atom is -0.381 e. The summed E-state index contributed by atoms with van der Waals surface area (Å²) < 4.78 is 19.6. The first-order valence-corrected chi connectivity index (χ1v) is 11.7. The van der Waals surface area contributed by atoms with E-state index in [1.807, 2.05) is 0 Å². The first kappa shape index (κ1) is 20.7. The van der Waals surface area contributed by atoms with Crippen molar-refractivity contribution in [3.63, 3.8) is 0 Å². The second-order valence-corrected chi connectivity index (χ2v) is 9.80. The molecule has 4 fully saturated rings. The molecule has 1 spiro atoms. The quantitative estimate of drug-likeness (QED) is 0.737. The van der Waals surface area contributed by atoms with Crippen LogP contribution < -0.4 is 0 Å². The molecule has 0 aromatic heterocycles. The number of urea groups is 1. The molecule has 31 heavy (non-hydrogen) atoms. The van der Waals surface area contributed by atoms with Crippen LogP contribution in [-0.2, 0) is 4.74 Å². The van der Waals surface area contributed by atoms with Gasteiger partial charge in [-0.05, 0) is 69.1 Å². The Labute approximate surface area is 183 Å². The van der Waals surface area contributed by atoms with E-state index < -0.39 is 0 Å². The van der Waals surface area contributed by atoms with Crippen LogP contribution in [0.4, 0.5) is 9.18 Å². The van der Waals surface area contributed by atoms with Gasteiger partial charge in [-0.15, -0.1) is 0 Å². The molecule has 5 rings (SSSR count). The SMILES string of the molecule is Cc1ccc(C(=O)N2CCC(N3C(=O)N(CC4CC4)CC34CCOCC4)CC2)cc1F. The predicted molar refractivity (Wildman–Crippen MR) is 114 cm³/mol. The molecule has 0 radical (unpaired) electrons. The predicted octanol–water partition coefficient (Wildman–Crippen LogP) is 3.44. The van der Waals surface area contributed by atoms with Gasteiger partial charge in [0.2, 0.25) is 0 Å². The van der Waals surface area contributed by atoms with Crippen LogP contribution in [-0.4, -0.2) is 77.6 Å². The average Bonchev–Trinajstić information content (AvgIpc) is 3.56. The zero-order valence-electron chi connectivity index (χ0n) is 18.3. The fraction of sp³-hybridized carbons (Fsp3) is 0.667. The van der Waals surface area contributed by atoms with E-state index in [4.69, 9.17) is 4.74 Å². The third-order valence-electron chi connectivity index (χ3n) is 7.61. The molecule has 7 heteroatoms. The van der Waals surface area contributed by atoms with Crippen LogP contribution in [0.15, 0.2) is 18.2 Å². The van der Waals surface area contributed by atoms with E-state index in [9.17, 15) is 14.0 Å². The number of nitrogens with zero attached hydrogens (tertiary/aromatic N) is 3. The van der Waals surface area contributed by atoms with Crippen molar-refractivity contribution in [3.05, 3.63) is 35.1 Å². The molecule has 1 aromatic rings. The number of rotatable bonds is 4. The van der Waals surface area contributed by atoms with Gasteiger partial charge in [-0.3, -0.25) is 4.79 Å². The number of likely N-dealkylation sites (tertiary alicyclic amines) is 1. The van der Waals surface area contributed by atoms with Crippen molar-refractivity contribution in [1.29, 1.82) is 0 Å². The smallest absolute Gasteiger partial charge is 0.320 e. The summed E-state index contributed by atoms with van der Waals surface area (Å²) in [5.41, 5.74) is 0.817. The molecule has 0 N–H and O–H groups in total. The summed E-state index contributed by atoms with van der Waals surface area (Å²) in [7, 11) is 0. The van der Waals surface area contributed by atoms with Gasteiger partial charge < -0.3 is 19.4 Å². The van der Waals surface area contributed by atoms with Crippen LogP contribution in [0.25, 0.3) is 0 Å². The van der Waals surface area contributed by atoms with E-state index >= 15 is 0 Å². The number of benzene rings is 1. The van der Waals surface area contributed by atoms with Gasteiger partial charge in [-0.25, -0.2) is 9.18 Å². The van der Waals surface area contributed by atoms with Gasteiger partial charge in [0.05, 0.1) is 5.54 Å². The van der Waals surface area contributed by atoms with E-state index in [0.717, 1.165) is 38.8 Å². The molecule has 0 atom stereocenters. The Bertz CT molecular complexity index is 858. The summed E-state index contributed by atoms with van der Waals surface area (Å²) in [5, 5.41) is 0. The van der Waals surface area contributed by atoms with Crippen LogP contribution in [0, 0.1) is 18.7 Å². The molecule has 3 aliphatic heterocycles. The van der Waals surface area contributed by atoms with E-state index in [0.29, 0.717) is 43.3 Å². The van der Waals surface area contributed by atoms with Crippen LogP contribution in [0.3, 0.4) is 0 Å². The minimum absolute atomic E-state index is 0.124. The van der Waals surface area contributed by atoms with Gasteiger partial charge in [0, 0.05) is 51.0 Å². The molecule has 0 unspecified atom stereocenters. The Hall–Kier alpha value is -2.15. The number of halogens is 1. The van der Waals surface area contributed by atoms with E-state index in [-0.39, 0.29) is 29.3 Å². The van der Waals surface area contributed by atoms with Crippen molar-refractivity contribution < 1.29 is 18.7 Å². The van der Waals surface area contributed by atoms with Gasteiger partial charge >= 0.3 is 6.03 Å². The molecule has 3 heterocycles. The lowest BCUT2D eigenvalue weighted by Gasteiger charge is -2.46. The highest BCUT2D eigenvalue weighted by atomic mass is 19.1. The zero-order chi connectivity index (χ0) is 21.6. The lowest BCUT2D eigenvalue weighted by molar-refractivity contribution is -0.0153. The molecule has 1 aromatic carbocycles. The van der Waals surface area contributed by atoms with E-state index in [1.54, 1.807) is 24.0 Å². The first-order chi connectivity index (χ1) is 15.0. The lowest BCUT2D eigenvalue weighted by atomic mass is 9.86. The zero-order valence-corrected chi connectivity index (χ0v) is 18.3. The fourth-order valence-electron chi connectivity index (χ4n) is 5.54. The van der Waals surface area contributed by atoms with Crippen LogP contribution in [0.5, 0.6) is 0 Å². The van der Waals surface area contributed by atoms with Crippen LogP contribution in [0.2, 0.25) is 0 Å². The summed E-state index contributed by atoms with van der Waals surface area (Å²) in [5.74, 6) is 0.206. The van der Waals surface area contributed by atoms with E-state index in [2.05, 4.69) is 9.80 Å². The highest BCUT2D eigenvalue weighted by Crippen LogP contribution is 2.41. The number of piperidine rings is 1. The highest BCUT2D eigenvalue weighted by Gasteiger charge is 2.53. The number of carbonyl (C=O) groups is 2. The van der Waals surface area contributed by atoms with Gasteiger partial charge in [-0.1, -0.05) is 6.07 Å². The topological polar surface area (TPSA) is 53.1 Å². The van der Waals surface area contributed by atoms with Crippen molar-refractivity contribution in [2.75, 3.05) is 39.4 Å². The number of ether oxygens (including phenoxy) is 1. The van der Waals surface area contributed by atoms with E-state index in [1.165, 1.54) is 18.9 Å². The minimum atomic E-state index is -0.347. The average molecular weight is 430 g/mol. The Balaban J connectivity index is 1.28. The van der Waals surface area contributed by atoms with Crippen LogP contribution >= 0.6 is 0 Å². The molecule has 168 valence electrons. The molecular weight excluding hydrogens is 397 g/mol. The molecule has 3 saturated heterocycles. The molecule has 0 bridgehead atoms. The second kappa shape index (κ2) is 8.08. The summed E-state index contributed by atoms with van der Waals surface area (Å²) in [4.78, 5) is 32.4. The molecular formula is C24H32FN3O3. The Morgan fingerprint density at radius 2 is 1.87 bits per heavy atom. The van der Waals surface area contributed by atoms with Crippen molar-refractivity contribution in [3.8, 4) is 0 Å². The van der Waals surface area contributed by atoms with Crippen LogP contribution in [0.1, 0.15) is 54.4 Å². The maximum absolute atomic E-state index is 13.9. The van der Waals surface area contributed by atoms with Crippen molar-refractivity contribution in [2.24, 2.45) is 5.92 Å². The number of hydrogen-bond acceptors (Lipinski definition) is 3. The molecule has 6 nitrogen and oxygen atoms in total. The molecule has 4 aliphatic rings. The molecule has 1 saturated carbocycles. The Morgan fingerprint density at radius 3 is 2.52 bits per heavy atom. The second-order valence-electron chi connectivity index (χ2n) is 9.80. The van der Waals surface area contributed by atoms with Gasteiger partial charge in [0.1, 0.15) is 5.82 Å². The standard InChI is InChI=1S/C24H32FN3O3/c1-17-2-5-19(14-21(17)25)22(29)26-10-6-20(7-11-26)28-23(30)27(15-18-3-4-18)16-24(28)8-12-31-13-9-24/h2,5,14,18,20H,3-4,6-13,15-16H2,1H3. The number of amides is 3. The monoisotopic (exact) mass is 429 g/mol. The van der Waals surface area contributed by atoms with Gasteiger partial charge in [0.15, 0.2) is 0 Å². The largest absolute Gasteiger partial charge is 0.381 e. The summed E-state index contributed by atoms with van der Waals surface area (Å²) in [6.45, 7) is 5.99. The third-order valence-corrected chi connectivity index (χ3v) is 7.61. The normalized spacial score (nSPS) is 24.3. The lowest BCUT2D eigenvalue weighted by Crippen LogP contribution is -2.57. The summed E-state index contributed by atoms with van der Waals surface area (Å²) in [6, 6.07) is 5.01. The van der Waals surface area contributed by atoms with Crippen molar-refractivity contribution in [2.45, 2.75) is 57.0 Å². The maximum atomic E-state index is 13.9. The van der Waals surface area contributed by atoms with Crippen molar-refractivity contribution >= 4 is 11.9 Å². The molecule has 3 amide bonds. The fourth-order valence-corrected chi connectivity index (χ4v) is 5.54. The highest BCUT2D eigenvalue weighted by molar-refractivity contribution is 5.94. The maximum Gasteiger partial charge on any atom is 0.320 e. The molecule has 1 aliphatic carbocycles. The number of carbonyl (C=O) groups excluding carboxylic acids is 2. The number of hydrogen-bond donors (Lipinski definition) is 0. The van der Waals surface area contributed by atoms with Crippen molar-refractivity contribution in [1.82, 2.24) is 14.7 Å². The first-order valence-electron chi connectivity index (χ1n) is 11.7. The Kier molecular flexibility index (Phi) is 5.40. The summed E-state index contributed by atoms with van der Waals surface area (Å²) in [6.07, 6.45) is 5.79. The summed E-state index contributed by atoms with van der Waals surface area (Å²) >= 11 is 0. The van der Waals surface area contributed by atoms with Gasteiger partial charge in [0.25, 0.3) is 5.91 Å².